The highest BCUT2D eigenvalue weighted by Crippen LogP contribution is 2.26. The SMILES string of the molecule is CC(C)NC(=O)CCCC(=O)N1CCN(Cc2cccc(Cl)c2Cl)CC1. The molecule has 0 radical (unpaired) electrons. The molecule has 5 nitrogen and oxygen atoms in total. The Morgan fingerprint density at radius 3 is 2.46 bits per heavy atom. The molecule has 1 aromatic carbocycles. The van der Waals surface area contributed by atoms with Crippen molar-refractivity contribution in [2.24, 2.45) is 0 Å². The minimum absolute atomic E-state index is 0.0102. The zero-order valence-electron chi connectivity index (χ0n) is 15.4. The quantitative estimate of drug-likeness (QED) is 0.764. The molecular formula is C19H27Cl2N3O2. The fourth-order valence-corrected chi connectivity index (χ4v) is 3.40. The molecular weight excluding hydrogens is 373 g/mol. The summed E-state index contributed by atoms with van der Waals surface area (Å²) in [5, 5.41) is 4.02. The van der Waals surface area contributed by atoms with Crippen molar-refractivity contribution in [3.63, 3.8) is 0 Å². The molecule has 1 aromatic rings. The van der Waals surface area contributed by atoms with Gasteiger partial charge < -0.3 is 10.2 Å². The van der Waals surface area contributed by atoms with Gasteiger partial charge in [0.2, 0.25) is 11.8 Å². The smallest absolute Gasteiger partial charge is 0.222 e. The van der Waals surface area contributed by atoms with Crippen LogP contribution in [0, 0.1) is 0 Å². The molecule has 0 aromatic heterocycles. The van der Waals surface area contributed by atoms with Gasteiger partial charge in [-0.3, -0.25) is 14.5 Å². The summed E-state index contributed by atoms with van der Waals surface area (Å²) in [5.41, 5.74) is 1.01. The molecule has 1 fully saturated rings. The number of nitrogens with zero attached hydrogens (tertiary/aromatic N) is 2. The van der Waals surface area contributed by atoms with Gasteiger partial charge in [0.05, 0.1) is 10.0 Å². The average molecular weight is 400 g/mol. The van der Waals surface area contributed by atoms with Gasteiger partial charge in [-0.05, 0) is 31.9 Å². The Bertz CT molecular complexity index is 629. The predicted molar refractivity (Wildman–Crippen MR) is 105 cm³/mol. The first kappa shape index (κ1) is 21.0. The maximum atomic E-state index is 12.3. The Balaban J connectivity index is 1.71. The zero-order chi connectivity index (χ0) is 19.1. The molecule has 1 aliphatic heterocycles. The van der Waals surface area contributed by atoms with Crippen molar-refractivity contribution in [2.75, 3.05) is 26.2 Å². The molecule has 1 aliphatic rings. The number of hydrogen-bond acceptors (Lipinski definition) is 3. The number of carbonyl (C=O) groups is 2. The van der Waals surface area contributed by atoms with Gasteiger partial charge >= 0.3 is 0 Å². The minimum Gasteiger partial charge on any atom is -0.354 e. The summed E-state index contributed by atoms with van der Waals surface area (Å²) in [4.78, 5) is 28.1. The maximum absolute atomic E-state index is 12.3. The lowest BCUT2D eigenvalue weighted by Gasteiger charge is -2.35. The summed E-state index contributed by atoms with van der Waals surface area (Å²) in [6, 6.07) is 5.80. The molecule has 0 unspecified atom stereocenters. The Labute approximate surface area is 165 Å². The second kappa shape index (κ2) is 10.1. The van der Waals surface area contributed by atoms with E-state index < -0.39 is 0 Å². The first-order valence-electron chi connectivity index (χ1n) is 9.09. The van der Waals surface area contributed by atoms with Crippen LogP contribution in [0.4, 0.5) is 0 Å². The monoisotopic (exact) mass is 399 g/mol. The summed E-state index contributed by atoms with van der Waals surface area (Å²) >= 11 is 12.3. The fourth-order valence-electron chi connectivity index (χ4n) is 3.02. The van der Waals surface area contributed by atoms with Crippen molar-refractivity contribution in [1.29, 1.82) is 0 Å². The normalized spacial score (nSPS) is 15.3. The van der Waals surface area contributed by atoms with E-state index in [1.54, 1.807) is 6.07 Å². The van der Waals surface area contributed by atoms with E-state index in [1.165, 1.54) is 0 Å². The Kier molecular flexibility index (Phi) is 8.19. The van der Waals surface area contributed by atoms with Gasteiger partial charge in [0.25, 0.3) is 0 Å². The summed E-state index contributed by atoms with van der Waals surface area (Å²) in [6.07, 6.45) is 1.42. The van der Waals surface area contributed by atoms with Crippen LogP contribution in [0.1, 0.15) is 38.7 Å². The molecule has 0 aliphatic carbocycles. The van der Waals surface area contributed by atoms with Crippen LogP contribution in [0.5, 0.6) is 0 Å². The molecule has 1 saturated heterocycles. The van der Waals surface area contributed by atoms with Crippen molar-refractivity contribution in [1.82, 2.24) is 15.1 Å². The van der Waals surface area contributed by atoms with E-state index in [0.717, 1.165) is 25.2 Å². The molecule has 144 valence electrons. The molecule has 26 heavy (non-hydrogen) atoms. The van der Waals surface area contributed by atoms with Gasteiger partial charge in [-0.25, -0.2) is 0 Å². The first-order chi connectivity index (χ1) is 12.4. The van der Waals surface area contributed by atoms with E-state index >= 15 is 0 Å². The fraction of sp³-hybridized carbons (Fsp3) is 0.579. The van der Waals surface area contributed by atoms with Crippen LogP contribution in [0.2, 0.25) is 10.0 Å². The summed E-state index contributed by atoms with van der Waals surface area (Å²) in [6.45, 7) is 7.62. The molecule has 2 rings (SSSR count). The van der Waals surface area contributed by atoms with Crippen LogP contribution < -0.4 is 5.32 Å². The minimum atomic E-state index is 0.0102. The van der Waals surface area contributed by atoms with Crippen LogP contribution in [0.25, 0.3) is 0 Å². The number of nitrogens with one attached hydrogen (secondary N) is 1. The van der Waals surface area contributed by atoms with E-state index in [0.29, 0.717) is 42.4 Å². The van der Waals surface area contributed by atoms with E-state index in [4.69, 9.17) is 23.2 Å². The number of carbonyl (C=O) groups excluding carboxylic acids is 2. The molecule has 0 atom stereocenters. The Hall–Kier alpha value is -1.30. The molecule has 0 bridgehead atoms. The number of amides is 2. The van der Waals surface area contributed by atoms with Gasteiger partial charge in [0.15, 0.2) is 0 Å². The summed E-state index contributed by atoms with van der Waals surface area (Å²) in [5.74, 6) is 0.138. The second-order valence-electron chi connectivity index (χ2n) is 6.95. The van der Waals surface area contributed by atoms with Crippen LogP contribution >= 0.6 is 23.2 Å². The number of halogens is 2. The van der Waals surface area contributed by atoms with E-state index in [1.807, 2.05) is 30.9 Å². The van der Waals surface area contributed by atoms with Crippen molar-refractivity contribution < 1.29 is 9.59 Å². The van der Waals surface area contributed by atoms with Crippen molar-refractivity contribution in [3.8, 4) is 0 Å². The number of hydrogen-bond donors (Lipinski definition) is 1. The second-order valence-corrected chi connectivity index (χ2v) is 7.73. The highest BCUT2D eigenvalue weighted by atomic mass is 35.5. The molecule has 0 spiro atoms. The van der Waals surface area contributed by atoms with Crippen LogP contribution in [-0.2, 0) is 16.1 Å². The van der Waals surface area contributed by atoms with Gasteiger partial charge in [0.1, 0.15) is 0 Å². The molecule has 1 heterocycles. The van der Waals surface area contributed by atoms with Gasteiger partial charge in [-0.1, -0.05) is 35.3 Å². The third-order valence-corrected chi connectivity index (χ3v) is 5.25. The highest BCUT2D eigenvalue weighted by molar-refractivity contribution is 6.42. The lowest BCUT2D eigenvalue weighted by atomic mass is 10.1. The van der Waals surface area contributed by atoms with Gasteiger partial charge in [-0.15, -0.1) is 0 Å². The predicted octanol–water partition coefficient (Wildman–Crippen LogP) is 3.33. The molecule has 0 saturated carbocycles. The van der Waals surface area contributed by atoms with Crippen LogP contribution in [-0.4, -0.2) is 53.8 Å². The summed E-state index contributed by atoms with van der Waals surface area (Å²) < 4.78 is 0. The van der Waals surface area contributed by atoms with E-state index in [9.17, 15) is 9.59 Å². The maximum Gasteiger partial charge on any atom is 0.222 e. The van der Waals surface area contributed by atoms with E-state index in [-0.39, 0.29) is 17.9 Å². The average Bonchev–Trinajstić information content (AvgIpc) is 2.59. The topological polar surface area (TPSA) is 52.7 Å². The first-order valence-corrected chi connectivity index (χ1v) is 9.84. The van der Waals surface area contributed by atoms with Crippen molar-refractivity contribution in [2.45, 2.75) is 45.7 Å². The van der Waals surface area contributed by atoms with Gasteiger partial charge in [0, 0.05) is 51.6 Å². The molecule has 1 N–H and O–H groups in total. The lowest BCUT2D eigenvalue weighted by molar-refractivity contribution is -0.133. The van der Waals surface area contributed by atoms with Crippen LogP contribution in [0.15, 0.2) is 18.2 Å². The molecule has 2 amide bonds. The number of rotatable bonds is 7. The van der Waals surface area contributed by atoms with Crippen molar-refractivity contribution >= 4 is 35.0 Å². The number of benzene rings is 1. The Morgan fingerprint density at radius 1 is 1.12 bits per heavy atom. The van der Waals surface area contributed by atoms with Gasteiger partial charge in [-0.2, -0.15) is 0 Å². The third kappa shape index (κ3) is 6.45. The van der Waals surface area contributed by atoms with Crippen molar-refractivity contribution in [3.05, 3.63) is 33.8 Å². The third-order valence-electron chi connectivity index (χ3n) is 4.39. The standard InChI is InChI=1S/C19H27Cl2N3O2/c1-14(2)22-17(25)7-4-8-18(26)24-11-9-23(10-12-24)13-15-5-3-6-16(20)19(15)21/h3,5-6,14H,4,7-13H2,1-2H3,(H,22,25). The molecule has 7 heteroatoms. The lowest BCUT2D eigenvalue weighted by Crippen LogP contribution is -2.48. The Morgan fingerprint density at radius 2 is 1.81 bits per heavy atom. The van der Waals surface area contributed by atoms with E-state index in [2.05, 4.69) is 10.2 Å². The zero-order valence-corrected chi connectivity index (χ0v) is 16.9. The number of piperazine rings is 1. The summed E-state index contributed by atoms with van der Waals surface area (Å²) in [7, 11) is 0. The largest absolute Gasteiger partial charge is 0.354 e. The van der Waals surface area contributed by atoms with Crippen LogP contribution in [0.3, 0.4) is 0 Å². The highest BCUT2D eigenvalue weighted by Gasteiger charge is 2.21.